The van der Waals surface area contributed by atoms with E-state index in [1.165, 1.54) is 47.0 Å². The van der Waals surface area contributed by atoms with Crippen molar-refractivity contribution in [1.82, 2.24) is 9.29 Å². The summed E-state index contributed by atoms with van der Waals surface area (Å²) in [6, 6.07) is 12.0. The summed E-state index contributed by atoms with van der Waals surface area (Å²) in [5.41, 5.74) is 0.677. The maximum Gasteiger partial charge on any atom is 0.269 e. The molecule has 130 valence electrons. The van der Waals surface area contributed by atoms with Gasteiger partial charge in [0.1, 0.15) is 5.01 Å². The molecule has 0 spiro atoms. The molecule has 7 nitrogen and oxygen atoms in total. The van der Waals surface area contributed by atoms with Crippen LogP contribution in [0.15, 0.2) is 53.4 Å². The molecule has 2 aromatic carbocycles. The van der Waals surface area contributed by atoms with Gasteiger partial charge in [0.05, 0.1) is 26.1 Å². The van der Waals surface area contributed by atoms with E-state index in [4.69, 9.17) is 0 Å². The van der Waals surface area contributed by atoms with Gasteiger partial charge in [-0.05, 0) is 31.2 Å². The first kappa shape index (κ1) is 17.5. The van der Waals surface area contributed by atoms with Crippen molar-refractivity contribution < 1.29 is 13.3 Å². The molecule has 1 aromatic heterocycles. The highest BCUT2D eigenvalue weighted by Crippen LogP contribution is 2.31. The molecule has 9 heteroatoms. The Morgan fingerprint density at radius 2 is 1.80 bits per heavy atom. The number of fused-ring (bicyclic) bond motifs is 1. The van der Waals surface area contributed by atoms with E-state index in [1.54, 1.807) is 6.92 Å². The predicted octanol–water partition coefficient (Wildman–Crippen LogP) is 3.59. The monoisotopic (exact) mass is 377 g/mol. The number of aromatic nitrogens is 1. The Bertz CT molecular complexity index is 996. The second-order valence-corrected chi connectivity index (χ2v) is 8.53. The summed E-state index contributed by atoms with van der Waals surface area (Å²) in [5, 5.41) is 11.4. The Balaban J connectivity index is 1.91. The van der Waals surface area contributed by atoms with Gasteiger partial charge in [-0.15, -0.1) is 11.3 Å². The van der Waals surface area contributed by atoms with Gasteiger partial charge in [0.15, 0.2) is 0 Å². The smallest absolute Gasteiger partial charge is 0.258 e. The molecule has 0 N–H and O–H groups in total. The molecule has 25 heavy (non-hydrogen) atoms. The number of hydrogen-bond donors (Lipinski definition) is 0. The van der Waals surface area contributed by atoms with E-state index < -0.39 is 21.0 Å². The number of nitro benzene ring substituents is 1. The Labute approximate surface area is 148 Å². The van der Waals surface area contributed by atoms with Crippen LogP contribution in [0.4, 0.5) is 5.69 Å². The van der Waals surface area contributed by atoms with Gasteiger partial charge >= 0.3 is 0 Å². The van der Waals surface area contributed by atoms with Crippen LogP contribution in [0.3, 0.4) is 0 Å². The van der Waals surface area contributed by atoms with E-state index in [2.05, 4.69) is 4.98 Å². The zero-order valence-electron chi connectivity index (χ0n) is 13.5. The molecule has 1 atom stereocenters. The van der Waals surface area contributed by atoms with Gasteiger partial charge in [-0.25, -0.2) is 13.4 Å². The molecule has 1 heterocycles. The minimum Gasteiger partial charge on any atom is -0.258 e. The van der Waals surface area contributed by atoms with Crippen molar-refractivity contribution in [3.05, 3.63) is 63.7 Å². The van der Waals surface area contributed by atoms with Crippen molar-refractivity contribution in [3.63, 3.8) is 0 Å². The number of benzene rings is 2. The highest BCUT2D eigenvalue weighted by atomic mass is 32.2. The Morgan fingerprint density at radius 1 is 1.16 bits per heavy atom. The lowest BCUT2D eigenvalue weighted by Gasteiger charge is -2.22. The van der Waals surface area contributed by atoms with Crippen molar-refractivity contribution in [2.75, 3.05) is 7.05 Å². The molecule has 0 aliphatic rings. The molecular formula is C16H15N3O4S2. The lowest BCUT2D eigenvalue weighted by atomic mass is 10.3. The predicted molar refractivity (Wildman–Crippen MR) is 96.1 cm³/mol. The number of hydrogen-bond acceptors (Lipinski definition) is 6. The van der Waals surface area contributed by atoms with Crippen molar-refractivity contribution in [2.45, 2.75) is 17.9 Å². The summed E-state index contributed by atoms with van der Waals surface area (Å²) in [6.45, 7) is 1.76. The summed E-state index contributed by atoms with van der Waals surface area (Å²) >= 11 is 1.44. The van der Waals surface area contributed by atoms with Crippen molar-refractivity contribution in [1.29, 1.82) is 0 Å². The SMILES string of the molecule is C[C@@H](c1nc2ccccc2s1)N(C)S(=O)(=O)c1ccc([N+](=O)[O-])cc1. The van der Waals surface area contributed by atoms with E-state index in [0.29, 0.717) is 5.01 Å². The third-order valence-electron chi connectivity index (χ3n) is 3.94. The van der Waals surface area contributed by atoms with Gasteiger partial charge in [0.2, 0.25) is 10.0 Å². The number of non-ortho nitro benzene ring substituents is 1. The van der Waals surface area contributed by atoms with Crippen LogP contribution in [-0.2, 0) is 10.0 Å². The minimum absolute atomic E-state index is 0.00793. The molecule has 0 saturated heterocycles. The summed E-state index contributed by atoms with van der Waals surface area (Å²) in [5.74, 6) is 0. The molecule has 0 radical (unpaired) electrons. The van der Waals surface area contributed by atoms with E-state index >= 15 is 0 Å². The van der Waals surface area contributed by atoms with Gasteiger partial charge < -0.3 is 0 Å². The Morgan fingerprint density at radius 3 is 2.40 bits per heavy atom. The van der Waals surface area contributed by atoms with Crippen LogP contribution in [0, 0.1) is 10.1 Å². The number of rotatable bonds is 5. The molecular weight excluding hydrogens is 362 g/mol. The highest BCUT2D eigenvalue weighted by molar-refractivity contribution is 7.89. The quantitative estimate of drug-likeness (QED) is 0.500. The molecule has 3 rings (SSSR count). The fraction of sp³-hybridized carbons (Fsp3) is 0.188. The number of nitrogens with zero attached hydrogens (tertiary/aromatic N) is 3. The van der Waals surface area contributed by atoms with Crippen LogP contribution in [0.1, 0.15) is 18.0 Å². The van der Waals surface area contributed by atoms with E-state index in [-0.39, 0.29) is 10.6 Å². The molecule has 0 aliphatic heterocycles. The lowest BCUT2D eigenvalue weighted by Crippen LogP contribution is -2.29. The minimum atomic E-state index is -3.79. The van der Waals surface area contributed by atoms with Crippen LogP contribution in [0.2, 0.25) is 0 Å². The lowest BCUT2D eigenvalue weighted by molar-refractivity contribution is -0.384. The fourth-order valence-corrected chi connectivity index (χ4v) is 4.80. The van der Waals surface area contributed by atoms with Crippen LogP contribution in [-0.4, -0.2) is 29.7 Å². The van der Waals surface area contributed by atoms with Gasteiger partial charge in [-0.1, -0.05) is 12.1 Å². The van der Waals surface area contributed by atoms with Gasteiger partial charge in [0.25, 0.3) is 5.69 Å². The molecule has 0 saturated carbocycles. The van der Waals surface area contributed by atoms with Crippen molar-refractivity contribution >= 4 is 37.3 Å². The Kier molecular flexibility index (Phi) is 4.55. The summed E-state index contributed by atoms with van der Waals surface area (Å²) in [7, 11) is -2.31. The first-order valence-electron chi connectivity index (χ1n) is 7.38. The van der Waals surface area contributed by atoms with Gasteiger partial charge in [0, 0.05) is 19.2 Å². The number of sulfonamides is 1. The average Bonchev–Trinajstić information content (AvgIpc) is 3.04. The largest absolute Gasteiger partial charge is 0.269 e. The van der Waals surface area contributed by atoms with E-state index in [1.807, 2.05) is 24.3 Å². The second-order valence-electron chi connectivity index (χ2n) is 5.47. The first-order valence-corrected chi connectivity index (χ1v) is 9.64. The second kappa shape index (κ2) is 6.51. The van der Waals surface area contributed by atoms with Crippen molar-refractivity contribution in [3.8, 4) is 0 Å². The molecule has 0 unspecified atom stereocenters. The zero-order chi connectivity index (χ0) is 18.2. The topological polar surface area (TPSA) is 93.4 Å². The normalized spacial score (nSPS) is 13.2. The number of nitro groups is 1. The summed E-state index contributed by atoms with van der Waals surface area (Å²) in [6.07, 6.45) is 0. The van der Waals surface area contributed by atoms with Gasteiger partial charge in [-0.2, -0.15) is 4.31 Å². The average molecular weight is 377 g/mol. The summed E-state index contributed by atoms with van der Waals surface area (Å²) < 4.78 is 27.8. The molecule has 0 fully saturated rings. The standard InChI is InChI=1S/C16H15N3O4S2/c1-11(16-17-14-5-3-4-6-15(14)24-16)18(2)25(22,23)13-9-7-12(8-10-13)19(20)21/h3-11H,1-2H3/t11-/m0/s1. The van der Waals surface area contributed by atoms with E-state index in [0.717, 1.165) is 10.2 Å². The molecule has 0 aliphatic carbocycles. The third kappa shape index (κ3) is 3.26. The van der Waals surface area contributed by atoms with Gasteiger partial charge in [-0.3, -0.25) is 10.1 Å². The first-order chi connectivity index (χ1) is 11.8. The van der Waals surface area contributed by atoms with E-state index in [9.17, 15) is 18.5 Å². The molecule has 0 bridgehead atoms. The molecule has 0 amide bonds. The maximum atomic E-state index is 12.8. The van der Waals surface area contributed by atoms with Crippen LogP contribution in [0.5, 0.6) is 0 Å². The van der Waals surface area contributed by atoms with Crippen molar-refractivity contribution in [2.24, 2.45) is 0 Å². The molecule has 3 aromatic rings. The third-order valence-corrected chi connectivity index (χ3v) is 7.09. The number of para-hydroxylation sites is 1. The number of thiazole rings is 1. The fourth-order valence-electron chi connectivity index (χ4n) is 2.34. The highest BCUT2D eigenvalue weighted by Gasteiger charge is 2.28. The van der Waals surface area contributed by atoms with Crippen LogP contribution >= 0.6 is 11.3 Å². The Hall–Kier alpha value is -2.36. The zero-order valence-corrected chi connectivity index (χ0v) is 15.1. The van der Waals surface area contributed by atoms with Crippen LogP contribution < -0.4 is 0 Å². The summed E-state index contributed by atoms with van der Waals surface area (Å²) in [4.78, 5) is 14.7. The maximum absolute atomic E-state index is 12.8. The van der Waals surface area contributed by atoms with Crippen LogP contribution in [0.25, 0.3) is 10.2 Å².